The molecule has 0 aliphatic carbocycles. The molecule has 5 heteroatoms. The molecule has 0 aliphatic heterocycles. The molecule has 1 N–H and O–H groups in total. The molecule has 0 aromatic heterocycles. The van der Waals surface area contributed by atoms with Crippen molar-refractivity contribution in [2.24, 2.45) is 0 Å². The van der Waals surface area contributed by atoms with Gasteiger partial charge in [-0.1, -0.05) is 0 Å². The SMILES string of the molecule is C[Si](C)(Cl)NCBCl. The smallest absolute Gasteiger partial charge is 0.246 e. The largest absolute Gasteiger partial charge is 0.331 e. The third-order valence-corrected chi connectivity index (χ3v) is 2.32. The highest BCUT2D eigenvalue weighted by Crippen LogP contribution is 2.00. The molecule has 8 heavy (non-hydrogen) atoms. The highest BCUT2D eigenvalue weighted by molar-refractivity contribution is 7.17. The first kappa shape index (κ1) is 8.82. The minimum Gasteiger partial charge on any atom is -0.331 e. The maximum atomic E-state index is 5.88. The van der Waals surface area contributed by atoms with E-state index in [1.54, 1.807) is 0 Å². The summed E-state index contributed by atoms with van der Waals surface area (Å²) in [6.45, 7) is 4.70. The second-order valence-corrected chi connectivity index (χ2v) is 8.60. The van der Waals surface area contributed by atoms with Crippen LogP contribution >= 0.6 is 22.5 Å². The van der Waals surface area contributed by atoms with Crippen LogP contribution in [-0.2, 0) is 0 Å². The second kappa shape index (κ2) is 3.77. The predicted octanol–water partition coefficient (Wildman–Crippen LogP) is 1.06. The van der Waals surface area contributed by atoms with Gasteiger partial charge in [0.1, 0.15) is 0 Å². The molecule has 0 bridgehead atoms. The zero-order valence-electron chi connectivity index (χ0n) is 5.17. The van der Waals surface area contributed by atoms with Crippen LogP contribution in [0.2, 0.25) is 13.1 Å². The van der Waals surface area contributed by atoms with E-state index < -0.39 is 7.55 Å². The lowest BCUT2D eigenvalue weighted by Crippen LogP contribution is -2.40. The van der Waals surface area contributed by atoms with Crippen molar-refractivity contribution in [1.29, 1.82) is 0 Å². The molecule has 0 saturated heterocycles. The van der Waals surface area contributed by atoms with Gasteiger partial charge in [0.15, 0.2) is 0 Å². The molecular formula is C3H10BCl2NSi. The fraction of sp³-hybridized carbons (Fsp3) is 1.00. The Hall–Kier alpha value is 0.822. The van der Waals surface area contributed by atoms with Gasteiger partial charge in [-0.2, -0.15) is 11.5 Å². The standard InChI is InChI=1S/C3H10BCl2NSi/c1-8(2,6)7-3-4-5/h4,7H,3H2,1-2H3. The van der Waals surface area contributed by atoms with Gasteiger partial charge in [0.25, 0.3) is 0 Å². The lowest BCUT2D eigenvalue weighted by molar-refractivity contribution is 1.14. The van der Waals surface area contributed by atoms with Crippen LogP contribution in [0.15, 0.2) is 0 Å². The van der Waals surface area contributed by atoms with E-state index in [9.17, 15) is 0 Å². The van der Waals surface area contributed by atoms with Gasteiger partial charge in [-0.15, -0.1) is 11.1 Å². The Morgan fingerprint density at radius 3 is 2.25 bits per heavy atom. The van der Waals surface area contributed by atoms with E-state index in [1.807, 2.05) is 13.1 Å². The molecule has 0 spiro atoms. The van der Waals surface area contributed by atoms with Crippen molar-refractivity contribution < 1.29 is 0 Å². The zero-order valence-corrected chi connectivity index (χ0v) is 7.68. The van der Waals surface area contributed by atoms with Crippen molar-refractivity contribution in [2.75, 3.05) is 6.44 Å². The van der Waals surface area contributed by atoms with Gasteiger partial charge < -0.3 is 4.98 Å². The fourth-order valence-corrected chi connectivity index (χ4v) is 1.60. The average Bonchev–Trinajstić information content (AvgIpc) is 1.59. The molecule has 48 valence electrons. The molecule has 0 aromatic carbocycles. The van der Waals surface area contributed by atoms with Crippen molar-refractivity contribution in [1.82, 2.24) is 4.98 Å². The Kier molecular flexibility index (Phi) is 4.16. The summed E-state index contributed by atoms with van der Waals surface area (Å²) in [5.41, 5.74) is 0. The van der Waals surface area contributed by atoms with Crippen molar-refractivity contribution in [3.8, 4) is 0 Å². The summed E-state index contributed by atoms with van der Waals surface area (Å²) < 4.78 is 0. The lowest BCUT2D eigenvalue weighted by atomic mass is 10.1. The van der Waals surface area contributed by atoms with Crippen molar-refractivity contribution in [3.63, 3.8) is 0 Å². The van der Waals surface area contributed by atoms with Gasteiger partial charge in [-0.25, -0.2) is 0 Å². The maximum absolute atomic E-state index is 5.88. The zero-order chi connectivity index (χ0) is 6.62. The van der Waals surface area contributed by atoms with Gasteiger partial charge in [0.05, 0.1) is 0 Å². The molecule has 0 unspecified atom stereocenters. The van der Waals surface area contributed by atoms with E-state index >= 15 is 0 Å². The molecule has 0 rings (SSSR count). The van der Waals surface area contributed by atoms with Crippen LogP contribution in [0, 0.1) is 0 Å². The van der Waals surface area contributed by atoms with Gasteiger partial charge in [-0.05, 0) is 19.5 Å². The third-order valence-electron chi connectivity index (χ3n) is 0.640. The summed E-state index contributed by atoms with van der Waals surface area (Å²) >= 11 is 11.3. The van der Waals surface area contributed by atoms with Gasteiger partial charge in [0.2, 0.25) is 14.2 Å². The molecule has 0 radical (unpaired) electrons. The first-order chi connectivity index (χ1) is 3.56. The van der Waals surface area contributed by atoms with E-state index in [-0.39, 0.29) is 0 Å². The monoisotopic (exact) mass is 169 g/mol. The Morgan fingerprint density at radius 1 is 1.62 bits per heavy atom. The molecule has 0 saturated carbocycles. The maximum Gasteiger partial charge on any atom is 0.246 e. The first-order valence-corrected chi connectivity index (χ1v) is 7.11. The van der Waals surface area contributed by atoms with Crippen LogP contribution in [0.5, 0.6) is 0 Å². The van der Waals surface area contributed by atoms with E-state index in [2.05, 4.69) is 4.98 Å². The first-order valence-electron chi connectivity index (χ1n) is 2.56. The molecule has 0 fully saturated rings. The van der Waals surface area contributed by atoms with E-state index in [0.717, 1.165) is 6.44 Å². The van der Waals surface area contributed by atoms with Crippen LogP contribution in [-0.4, -0.2) is 20.7 Å². The summed E-state index contributed by atoms with van der Waals surface area (Å²) in [6.07, 6.45) is 0.824. The van der Waals surface area contributed by atoms with Gasteiger partial charge in [-0.3, -0.25) is 0 Å². The summed E-state index contributed by atoms with van der Waals surface area (Å²) in [5, 5.41) is 0. The molecule has 0 aliphatic rings. The minimum atomic E-state index is -1.54. The van der Waals surface area contributed by atoms with Gasteiger partial charge in [0, 0.05) is 0 Å². The number of hydrogen-bond donors (Lipinski definition) is 1. The van der Waals surface area contributed by atoms with Crippen LogP contribution in [0.25, 0.3) is 0 Å². The van der Waals surface area contributed by atoms with Crippen molar-refractivity contribution in [3.05, 3.63) is 0 Å². The average molecular weight is 170 g/mol. The summed E-state index contributed by atoms with van der Waals surface area (Å²) in [5.74, 6) is 0. The Bertz CT molecular complexity index is 64.8. The van der Waals surface area contributed by atoms with Crippen molar-refractivity contribution in [2.45, 2.75) is 13.1 Å². The highest BCUT2D eigenvalue weighted by atomic mass is 35.6. The van der Waals surface area contributed by atoms with Crippen molar-refractivity contribution >= 4 is 36.8 Å². The minimum absolute atomic E-state index is 0.642. The Morgan fingerprint density at radius 2 is 2.12 bits per heavy atom. The van der Waals surface area contributed by atoms with Crippen LogP contribution in [0.4, 0.5) is 0 Å². The number of rotatable bonds is 3. The summed E-state index contributed by atoms with van der Waals surface area (Å²) in [7, 11) is -1.54. The topological polar surface area (TPSA) is 12.0 Å². The fourth-order valence-electron chi connectivity index (χ4n) is 0.344. The Balaban J connectivity index is 3.11. The van der Waals surface area contributed by atoms with E-state index in [1.165, 1.54) is 0 Å². The van der Waals surface area contributed by atoms with E-state index in [0.29, 0.717) is 6.69 Å². The Labute approximate surface area is 61.7 Å². The molecular weight excluding hydrogens is 160 g/mol. The van der Waals surface area contributed by atoms with Crippen LogP contribution in [0.3, 0.4) is 0 Å². The third kappa shape index (κ3) is 6.82. The van der Waals surface area contributed by atoms with E-state index in [4.69, 9.17) is 22.5 Å². The number of hydrogen-bond acceptors (Lipinski definition) is 1. The molecule has 0 atom stereocenters. The normalized spacial score (nSPS) is 11.5. The van der Waals surface area contributed by atoms with Crippen LogP contribution in [0.1, 0.15) is 0 Å². The summed E-state index contributed by atoms with van der Waals surface area (Å²) in [6, 6.07) is 0. The summed E-state index contributed by atoms with van der Waals surface area (Å²) in [4.78, 5) is 3.14. The van der Waals surface area contributed by atoms with Crippen LogP contribution < -0.4 is 4.98 Å². The highest BCUT2D eigenvalue weighted by Gasteiger charge is 2.14. The molecule has 0 aromatic rings. The number of halogens is 2. The predicted molar refractivity (Wildman–Crippen MR) is 44.3 cm³/mol. The van der Waals surface area contributed by atoms with Gasteiger partial charge >= 0.3 is 0 Å². The lowest BCUT2D eigenvalue weighted by Gasteiger charge is -2.12. The molecule has 0 amide bonds. The molecule has 1 nitrogen and oxygen atoms in total. The number of nitrogens with one attached hydrogen (secondary N) is 1. The second-order valence-electron chi connectivity index (χ2n) is 2.09. The quantitative estimate of drug-likeness (QED) is 0.493. The molecule has 0 heterocycles.